The fraction of sp³-hybridized carbons (Fsp3) is 0.188. The highest BCUT2D eigenvalue weighted by atomic mass is 79.9. The lowest BCUT2D eigenvalue weighted by Gasteiger charge is -2.08. The van der Waals surface area contributed by atoms with Crippen LogP contribution in [-0.2, 0) is 6.42 Å². The van der Waals surface area contributed by atoms with Crippen molar-refractivity contribution in [2.75, 3.05) is 11.9 Å². The van der Waals surface area contributed by atoms with Crippen molar-refractivity contribution >= 4 is 27.5 Å². The zero-order valence-electron chi connectivity index (χ0n) is 11.3. The van der Waals surface area contributed by atoms with Crippen LogP contribution in [0.2, 0.25) is 0 Å². The fourth-order valence-electron chi connectivity index (χ4n) is 1.96. The molecular weight excluding hydrogens is 337 g/mol. The number of carbonyl (C=O) groups is 1. The summed E-state index contributed by atoms with van der Waals surface area (Å²) in [5.74, 6) is -0.833. The van der Waals surface area contributed by atoms with Crippen LogP contribution in [0.25, 0.3) is 0 Å². The smallest absolute Gasteiger partial charge is 0.256 e. The molecule has 0 aliphatic rings. The number of hydrogen-bond acceptors (Lipinski definition) is 2. The molecule has 2 rings (SSSR count). The average molecular weight is 352 g/mol. The first-order chi connectivity index (χ1) is 10.1. The van der Waals surface area contributed by atoms with E-state index in [9.17, 15) is 9.18 Å². The Balaban J connectivity index is 2.14. The van der Waals surface area contributed by atoms with Gasteiger partial charge in [0.25, 0.3) is 5.91 Å². The maximum Gasteiger partial charge on any atom is 0.256 e. The van der Waals surface area contributed by atoms with Gasteiger partial charge in [-0.2, -0.15) is 0 Å². The van der Waals surface area contributed by atoms with Gasteiger partial charge in [-0.25, -0.2) is 4.39 Å². The van der Waals surface area contributed by atoms with Gasteiger partial charge in [-0.1, -0.05) is 12.1 Å². The Kier molecular flexibility index (Phi) is 5.47. The Labute approximate surface area is 130 Å². The molecule has 2 N–H and O–H groups in total. The number of aliphatic hydroxyl groups excluding tert-OH is 1. The molecule has 0 aliphatic heterocycles. The zero-order valence-corrected chi connectivity index (χ0v) is 12.9. The maximum atomic E-state index is 13.2. The van der Waals surface area contributed by atoms with Gasteiger partial charge in [-0.3, -0.25) is 4.79 Å². The lowest BCUT2D eigenvalue weighted by Crippen LogP contribution is -2.13. The highest BCUT2D eigenvalue weighted by Crippen LogP contribution is 2.20. The molecule has 0 saturated heterocycles. The summed E-state index contributed by atoms with van der Waals surface area (Å²) in [6.07, 6.45) is 1.41. The summed E-state index contributed by atoms with van der Waals surface area (Å²) in [5.41, 5.74) is 1.92. The van der Waals surface area contributed by atoms with Crippen LogP contribution in [0, 0.1) is 5.82 Å². The Bertz CT molecular complexity index is 646. The van der Waals surface area contributed by atoms with Crippen LogP contribution < -0.4 is 5.32 Å². The summed E-state index contributed by atoms with van der Waals surface area (Å²) < 4.78 is 13.8. The standard InChI is InChI=1S/C16H15BrFNO2/c17-15-7-6-12(18)10-14(15)16(21)19-13-5-1-3-11(9-13)4-2-8-20/h1,3,5-7,9-10,20H,2,4,8H2,(H,19,21). The average Bonchev–Trinajstić information content (AvgIpc) is 2.48. The highest BCUT2D eigenvalue weighted by Gasteiger charge is 2.11. The van der Waals surface area contributed by atoms with Crippen LogP contribution in [0.3, 0.4) is 0 Å². The van der Waals surface area contributed by atoms with Crippen molar-refractivity contribution < 1.29 is 14.3 Å². The van der Waals surface area contributed by atoms with E-state index in [1.165, 1.54) is 18.2 Å². The van der Waals surface area contributed by atoms with Crippen LogP contribution >= 0.6 is 15.9 Å². The molecule has 0 unspecified atom stereocenters. The number of hydrogen-bond donors (Lipinski definition) is 2. The third-order valence-corrected chi connectivity index (χ3v) is 3.67. The Morgan fingerprint density at radius 1 is 1.24 bits per heavy atom. The first kappa shape index (κ1) is 15.7. The number of nitrogens with one attached hydrogen (secondary N) is 1. The Morgan fingerprint density at radius 3 is 2.81 bits per heavy atom. The van der Waals surface area contributed by atoms with Crippen molar-refractivity contribution in [3.63, 3.8) is 0 Å². The van der Waals surface area contributed by atoms with E-state index in [4.69, 9.17) is 5.11 Å². The number of benzene rings is 2. The normalized spacial score (nSPS) is 10.4. The van der Waals surface area contributed by atoms with Crippen molar-refractivity contribution in [3.8, 4) is 0 Å². The molecule has 2 aromatic rings. The molecule has 110 valence electrons. The molecule has 5 heteroatoms. The number of aliphatic hydroxyl groups is 1. The van der Waals surface area contributed by atoms with Gasteiger partial charge in [0.15, 0.2) is 0 Å². The van der Waals surface area contributed by atoms with E-state index in [2.05, 4.69) is 21.2 Å². The van der Waals surface area contributed by atoms with E-state index in [1.807, 2.05) is 18.2 Å². The Hall–Kier alpha value is -1.72. The van der Waals surface area contributed by atoms with Crippen LogP contribution in [0.5, 0.6) is 0 Å². The molecule has 21 heavy (non-hydrogen) atoms. The third kappa shape index (κ3) is 4.37. The van der Waals surface area contributed by atoms with E-state index in [0.717, 1.165) is 12.0 Å². The number of carbonyl (C=O) groups excluding carboxylic acids is 1. The van der Waals surface area contributed by atoms with E-state index in [0.29, 0.717) is 16.6 Å². The van der Waals surface area contributed by atoms with E-state index in [1.54, 1.807) is 6.07 Å². The van der Waals surface area contributed by atoms with Crippen LogP contribution in [-0.4, -0.2) is 17.6 Å². The second-order valence-corrected chi connectivity index (χ2v) is 5.46. The highest BCUT2D eigenvalue weighted by molar-refractivity contribution is 9.10. The molecule has 1 amide bonds. The summed E-state index contributed by atoms with van der Waals surface area (Å²) in [6, 6.07) is 11.4. The molecule has 0 fully saturated rings. The lowest BCUT2D eigenvalue weighted by atomic mass is 10.1. The van der Waals surface area contributed by atoms with E-state index < -0.39 is 5.82 Å². The quantitative estimate of drug-likeness (QED) is 0.861. The van der Waals surface area contributed by atoms with Gasteiger partial charge in [-0.05, 0) is 64.7 Å². The monoisotopic (exact) mass is 351 g/mol. The van der Waals surface area contributed by atoms with Crippen molar-refractivity contribution in [3.05, 3.63) is 63.9 Å². The summed E-state index contributed by atoms with van der Waals surface area (Å²) in [6.45, 7) is 0.132. The number of anilines is 1. The second kappa shape index (κ2) is 7.33. The molecule has 0 aromatic heterocycles. The second-order valence-electron chi connectivity index (χ2n) is 4.61. The zero-order chi connectivity index (χ0) is 15.2. The summed E-state index contributed by atoms with van der Waals surface area (Å²) >= 11 is 3.24. The number of rotatable bonds is 5. The van der Waals surface area contributed by atoms with Crippen LogP contribution in [0.4, 0.5) is 10.1 Å². The molecule has 0 aliphatic carbocycles. The summed E-state index contributed by atoms with van der Waals surface area (Å²) in [5, 5.41) is 11.6. The minimum absolute atomic E-state index is 0.132. The van der Waals surface area contributed by atoms with Crippen molar-refractivity contribution in [1.29, 1.82) is 0 Å². The van der Waals surface area contributed by atoms with E-state index >= 15 is 0 Å². The minimum Gasteiger partial charge on any atom is -0.396 e. The van der Waals surface area contributed by atoms with Gasteiger partial charge in [0.05, 0.1) is 5.56 Å². The lowest BCUT2D eigenvalue weighted by molar-refractivity contribution is 0.102. The molecule has 0 spiro atoms. The van der Waals surface area contributed by atoms with Gasteiger partial charge in [-0.15, -0.1) is 0 Å². The summed E-state index contributed by atoms with van der Waals surface area (Å²) in [4.78, 5) is 12.2. The van der Waals surface area contributed by atoms with Gasteiger partial charge >= 0.3 is 0 Å². The third-order valence-electron chi connectivity index (χ3n) is 2.98. The fourth-order valence-corrected chi connectivity index (χ4v) is 2.38. The molecule has 2 aromatic carbocycles. The predicted octanol–water partition coefficient (Wildman–Crippen LogP) is 3.77. The van der Waals surface area contributed by atoms with Crippen LogP contribution in [0.1, 0.15) is 22.3 Å². The number of amides is 1. The number of halogens is 2. The molecule has 3 nitrogen and oxygen atoms in total. The van der Waals surface area contributed by atoms with Gasteiger partial charge in [0.2, 0.25) is 0 Å². The summed E-state index contributed by atoms with van der Waals surface area (Å²) in [7, 11) is 0. The Morgan fingerprint density at radius 2 is 2.05 bits per heavy atom. The SMILES string of the molecule is O=C(Nc1cccc(CCCO)c1)c1cc(F)ccc1Br. The van der Waals surface area contributed by atoms with Crippen molar-refractivity contribution in [2.45, 2.75) is 12.8 Å². The van der Waals surface area contributed by atoms with Gasteiger partial charge in [0.1, 0.15) is 5.82 Å². The van der Waals surface area contributed by atoms with Gasteiger partial charge < -0.3 is 10.4 Å². The van der Waals surface area contributed by atoms with Gasteiger partial charge in [0, 0.05) is 16.8 Å². The molecular formula is C16H15BrFNO2. The first-order valence-electron chi connectivity index (χ1n) is 6.56. The predicted molar refractivity (Wildman–Crippen MR) is 83.9 cm³/mol. The topological polar surface area (TPSA) is 49.3 Å². The minimum atomic E-state index is -0.458. The molecule has 0 heterocycles. The number of aryl methyl sites for hydroxylation is 1. The maximum absolute atomic E-state index is 13.2. The van der Waals surface area contributed by atoms with E-state index in [-0.39, 0.29) is 18.1 Å². The largest absolute Gasteiger partial charge is 0.396 e. The molecule has 0 bridgehead atoms. The molecule has 0 radical (unpaired) electrons. The first-order valence-corrected chi connectivity index (χ1v) is 7.35. The van der Waals surface area contributed by atoms with Crippen molar-refractivity contribution in [1.82, 2.24) is 0 Å². The van der Waals surface area contributed by atoms with Crippen LogP contribution in [0.15, 0.2) is 46.9 Å². The molecule has 0 saturated carbocycles. The van der Waals surface area contributed by atoms with Crippen molar-refractivity contribution in [2.24, 2.45) is 0 Å². The molecule has 0 atom stereocenters.